The molecular formula is C21H22N4. The summed E-state index contributed by atoms with van der Waals surface area (Å²) in [4.78, 5) is 9.22. The van der Waals surface area contributed by atoms with Gasteiger partial charge in [0.1, 0.15) is 0 Å². The number of aromatic nitrogens is 1. The number of rotatable bonds is 5. The third-order valence-corrected chi connectivity index (χ3v) is 4.12. The molecule has 2 aromatic rings. The lowest BCUT2D eigenvalue weighted by molar-refractivity contribution is 1.03. The molecule has 126 valence electrons. The summed E-state index contributed by atoms with van der Waals surface area (Å²) in [6.07, 6.45) is 12.1. The Morgan fingerprint density at radius 3 is 2.60 bits per heavy atom. The summed E-state index contributed by atoms with van der Waals surface area (Å²) in [6.45, 7) is 1.77. The van der Waals surface area contributed by atoms with Gasteiger partial charge in [0.2, 0.25) is 0 Å². The second-order valence-corrected chi connectivity index (χ2v) is 5.92. The van der Waals surface area contributed by atoms with Gasteiger partial charge in [-0.3, -0.25) is 4.98 Å². The Morgan fingerprint density at radius 2 is 1.96 bits per heavy atom. The SMILES string of the molecule is CNc1cncc(N=C(C2=CCCC=C2)c2ccccc2)c1C(C)=N. The first-order chi connectivity index (χ1) is 12.2. The average Bonchev–Trinajstić information content (AvgIpc) is 2.67. The van der Waals surface area contributed by atoms with E-state index in [4.69, 9.17) is 10.4 Å². The van der Waals surface area contributed by atoms with Crippen molar-refractivity contribution in [3.63, 3.8) is 0 Å². The molecule has 0 unspecified atom stereocenters. The molecule has 0 saturated heterocycles. The maximum atomic E-state index is 8.15. The molecule has 1 heterocycles. The third kappa shape index (κ3) is 3.74. The van der Waals surface area contributed by atoms with Gasteiger partial charge < -0.3 is 10.7 Å². The number of aliphatic imine (C=N–C) groups is 1. The van der Waals surface area contributed by atoms with Gasteiger partial charge >= 0.3 is 0 Å². The van der Waals surface area contributed by atoms with Crippen molar-refractivity contribution < 1.29 is 0 Å². The minimum Gasteiger partial charge on any atom is -0.386 e. The molecule has 0 fully saturated rings. The van der Waals surface area contributed by atoms with Crippen molar-refractivity contribution in [3.8, 4) is 0 Å². The van der Waals surface area contributed by atoms with Crippen LogP contribution in [0.15, 0.2) is 71.5 Å². The summed E-state index contributed by atoms with van der Waals surface area (Å²) < 4.78 is 0. The largest absolute Gasteiger partial charge is 0.386 e. The first kappa shape index (κ1) is 16.8. The standard InChI is InChI=1S/C21H22N4/c1-15(22)20-18(23-2)13-24-14-19(20)25-21(16-9-5-3-6-10-16)17-11-7-4-8-12-17/h3,5-7,9-14,22-23H,4,8H2,1-2H3. The van der Waals surface area contributed by atoms with E-state index in [1.54, 1.807) is 19.3 Å². The molecule has 2 N–H and O–H groups in total. The zero-order chi connectivity index (χ0) is 17.6. The quantitative estimate of drug-likeness (QED) is 0.765. The maximum absolute atomic E-state index is 8.15. The minimum atomic E-state index is 0.464. The van der Waals surface area contributed by atoms with Crippen molar-refractivity contribution in [2.75, 3.05) is 12.4 Å². The first-order valence-electron chi connectivity index (χ1n) is 8.43. The van der Waals surface area contributed by atoms with Crippen LogP contribution in [0, 0.1) is 5.41 Å². The highest BCUT2D eigenvalue weighted by Crippen LogP contribution is 2.28. The van der Waals surface area contributed by atoms with Gasteiger partial charge in [-0.1, -0.05) is 48.6 Å². The summed E-state index contributed by atoms with van der Waals surface area (Å²) >= 11 is 0. The summed E-state index contributed by atoms with van der Waals surface area (Å²) in [5.41, 5.74) is 5.85. The molecule has 0 amide bonds. The van der Waals surface area contributed by atoms with E-state index in [1.165, 1.54) is 0 Å². The van der Waals surface area contributed by atoms with Gasteiger partial charge in [0.25, 0.3) is 0 Å². The summed E-state index contributed by atoms with van der Waals surface area (Å²) in [5, 5.41) is 11.3. The fourth-order valence-corrected chi connectivity index (χ4v) is 2.92. The number of allylic oxidation sites excluding steroid dienone is 4. The molecule has 1 aliphatic carbocycles. The number of anilines is 1. The van der Waals surface area contributed by atoms with Crippen molar-refractivity contribution in [1.29, 1.82) is 5.41 Å². The van der Waals surface area contributed by atoms with E-state index in [-0.39, 0.29) is 0 Å². The number of nitrogens with zero attached hydrogens (tertiary/aromatic N) is 2. The minimum absolute atomic E-state index is 0.464. The van der Waals surface area contributed by atoms with Crippen molar-refractivity contribution >= 4 is 22.8 Å². The molecule has 0 spiro atoms. The molecule has 3 rings (SSSR count). The van der Waals surface area contributed by atoms with Gasteiger partial charge in [-0.2, -0.15) is 0 Å². The van der Waals surface area contributed by atoms with E-state index >= 15 is 0 Å². The molecule has 0 radical (unpaired) electrons. The van der Waals surface area contributed by atoms with Crippen LogP contribution in [0.4, 0.5) is 11.4 Å². The number of hydrogen-bond donors (Lipinski definition) is 2. The van der Waals surface area contributed by atoms with E-state index in [2.05, 4.69) is 40.7 Å². The van der Waals surface area contributed by atoms with E-state index in [0.717, 1.165) is 40.9 Å². The summed E-state index contributed by atoms with van der Waals surface area (Å²) in [5.74, 6) is 0. The zero-order valence-electron chi connectivity index (χ0n) is 14.6. The van der Waals surface area contributed by atoms with Crippen LogP contribution in [0.1, 0.15) is 30.9 Å². The normalized spacial score (nSPS) is 14.2. The Balaban J connectivity index is 2.19. The van der Waals surface area contributed by atoms with Crippen LogP contribution in [0.25, 0.3) is 0 Å². The van der Waals surface area contributed by atoms with Crippen LogP contribution in [0.5, 0.6) is 0 Å². The highest BCUT2D eigenvalue weighted by atomic mass is 14.9. The lowest BCUT2D eigenvalue weighted by Gasteiger charge is -2.14. The maximum Gasteiger partial charge on any atom is 0.0931 e. The Hall–Kier alpha value is -3.01. The van der Waals surface area contributed by atoms with Crippen LogP contribution < -0.4 is 5.32 Å². The molecule has 0 atom stereocenters. The predicted octanol–water partition coefficient (Wildman–Crippen LogP) is 4.91. The van der Waals surface area contributed by atoms with Crippen LogP contribution in [-0.4, -0.2) is 23.5 Å². The van der Waals surface area contributed by atoms with Crippen molar-refractivity contribution in [3.05, 3.63) is 77.7 Å². The number of nitrogens with one attached hydrogen (secondary N) is 2. The average molecular weight is 330 g/mol. The van der Waals surface area contributed by atoms with E-state index in [1.807, 2.05) is 25.2 Å². The Bertz CT molecular complexity index is 861. The predicted molar refractivity (Wildman–Crippen MR) is 105 cm³/mol. The second-order valence-electron chi connectivity index (χ2n) is 5.92. The van der Waals surface area contributed by atoms with Gasteiger partial charge in [-0.05, 0) is 25.3 Å². The molecule has 0 bridgehead atoms. The number of benzene rings is 1. The monoisotopic (exact) mass is 330 g/mol. The molecule has 25 heavy (non-hydrogen) atoms. The second kappa shape index (κ2) is 7.71. The molecule has 1 aromatic carbocycles. The van der Waals surface area contributed by atoms with Crippen LogP contribution >= 0.6 is 0 Å². The van der Waals surface area contributed by atoms with Crippen LogP contribution in [0.2, 0.25) is 0 Å². The molecular weight excluding hydrogens is 308 g/mol. The Kier molecular flexibility index (Phi) is 5.19. The van der Waals surface area contributed by atoms with Gasteiger partial charge in [0.15, 0.2) is 0 Å². The summed E-state index contributed by atoms with van der Waals surface area (Å²) in [6, 6.07) is 10.2. The van der Waals surface area contributed by atoms with Crippen molar-refractivity contribution in [1.82, 2.24) is 4.98 Å². The number of hydrogen-bond acceptors (Lipinski definition) is 4. The Labute approximate surface area is 148 Å². The zero-order valence-corrected chi connectivity index (χ0v) is 14.6. The van der Waals surface area contributed by atoms with Gasteiger partial charge in [-0.15, -0.1) is 0 Å². The van der Waals surface area contributed by atoms with Gasteiger partial charge in [-0.25, -0.2) is 4.99 Å². The topological polar surface area (TPSA) is 61.1 Å². The number of pyridine rings is 1. The first-order valence-corrected chi connectivity index (χ1v) is 8.43. The Morgan fingerprint density at radius 1 is 1.16 bits per heavy atom. The lowest BCUT2D eigenvalue weighted by atomic mass is 9.97. The smallest absolute Gasteiger partial charge is 0.0931 e. The van der Waals surface area contributed by atoms with E-state index < -0.39 is 0 Å². The molecule has 0 saturated carbocycles. The fraction of sp³-hybridized carbons (Fsp3) is 0.190. The lowest BCUT2D eigenvalue weighted by Crippen LogP contribution is -2.07. The van der Waals surface area contributed by atoms with E-state index in [9.17, 15) is 0 Å². The van der Waals surface area contributed by atoms with Gasteiger partial charge in [0, 0.05) is 23.9 Å². The van der Waals surface area contributed by atoms with Crippen LogP contribution in [0.3, 0.4) is 0 Å². The van der Waals surface area contributed by atoms with E-state index in [0.29, 0.717) is 11.4 Å². The van der Waals surface area contributed by atoms with Crippen molar-refractivity contribution in [2.45, 2.75) is 19.8 Å². The fourth-order valence-electron chi connectivity index (χ4n) is 2.92. The molecule has 4 heteroatoms. The molecule has 0 aliphatic heterocycles. The van der Waals surface area contributed by atoms with Crippen molar-refractivity contribution in [2.24, 2.45) is 4.99 Å². The molecule has 1 aromatic heterocycles. The van der Waals surface area contributed by atoms with Crippen LogP contribution in [-0.2, 0) is 0 Å². The highest BCUT2D eigenvalue weighted by molar-refractivity contribution is 6.16. The van der Waals surface area contributed by atoms with Gasteiger partial charge in [0.05, 0.1) is 29.5 Å². The highest BCUT2D eigenvalue weighted by Gasteiger charge is 2.14. The summed E-state index contributed by atoms with van der Waals surface area (Å²) in [7, 11) is 1.83. The molecule has 1 aliphatic rings. The third-order valence-electron chi connectivity index (χ3n) is 4.12. The molecule has 4 nitrogen and oxygen atoms in total.